The zero-order valence-electron chi connectivity index (χ0n) is 13.2. The molecule has 3 atom stereocenters. The largest absolute Gasteiger partial charge is 0.391 e. The number of nitrogens with one attached hydrogen (secondary N) is 1. The second-order valence-corrected chi connectivity index (χ2v) is 6.64. The summed E-state index contributed by atoms with van der Waals surface area (Å²) in [4.78, 5) is 0. The molecule has 23 heavy (non-hydrogen) atoms. The molecule has 0 aromatic heterocycles. The van der Waals surface area contributed by atoms with E-state index < -0.39 is 0 Å². The summed E-state index contributed by atoms with van der Waals surface area (Å²) in [6.07, 6.45) is 2.78. The summed E-state index contributed by atoms with van der Waals surface area (Å²) in [7, 11) is 1.93. The lowest BCUT2D eigenvalue weighted by molar-refractivity contribution is 0.150. The number of halogens is 2. The molecule has 2 aromatic rings. The number of rotatable bonds is 4. The van der Waals surface area contributed by atoms with Gasteiger partial charge in [0.05, 0.1) is 6.10 Å². The van der Waals surface area contributed by atoms with Crippen LogP contribution in [0.25, 0.3) is 11.1 Å². The van der Waals surface area contributed by atoms with Crippen LogP contribution in [-0.2, 0) is 6.42 Å². The Balaban J connectivity index is 0.00000192. The van der Waals surface area contributed by atoms with E-state index in [1.807, 2.05) is 31.3 Å². The average molecular weight is 352 g/mol. The summed E-state index contributed by atoms with van der Waals surface area (Å²) >= 11 is 5.93. The molecule has 124 valence electrons. The molecule has 2 N–H and O–H groups in total. The van der Waals surface area contributed by atoms with Crippen molar-refractivity contribution in [3.63, 3.8) is 0 Å². The van der Waals surface area contributed by atoms with Gasteiger partial charge in [-0.2, -0.15) is 0 Å². The van der Waals surface area contributed by atoms with Crippen molar-refractivity contribution in [3.8, 4) is 11.1 Å². The number of hydrogen-bond donors (Lipinski definition) is 2. The second kappa shape index (κ2) is 8.16. The molecule has 2 aromatic carbocycles. The molecule has 0 amide bonds. The van der Waals surface area contributed by atoms with Crippen molar-refractivity contribution in [3.05, 3.63) is 59.1 Å². The number of aliphatic hydroxyl groups is 1. The topological polar surface area (TPSA) is 32.3 Å². The van der Waals surface area contributed by atoms with Crippen LogP contribution in [0.15, 0.2) is 48.5 Å². The fourth-order valence-electron chi connectivity index (χ4n) is 3.40. The highest BCUT2D eigenvalue weighted by molar-refractivity contribution is 6.30. The molecule has 1 aliphatic carbocycles. The van der Waals surface area contributed by atoms with E-state index in [4.69, 9.17) is 11.6 Å². The summed E-state index contributed by atoms with van der Waals surface area (Å²) in [5, 5.41) is 13.9. The zero-order valence-corrected chi connectivity index (χ0v) is 14.8. The molecular weight excluding hydrogens is 329 g/mol. The van der Waals surface area contributed by atoms with E-state index in [0.29, 0.717) is 5.92 Å². The van der Waals surface area contributed by atoms with Crippen LogP contribution in [0.2, 0.25) is 5.02 Å². The molecular formula is C19H23Cl2NO. The molecule has 4 heteroatoms. The van der Waals surface area contributed by atoms with Gasteiger partial charge in [-0.25, -0.2) is 0 Å². The monoisotopic (exact) mass is 351 g/mol. The Bertz CT molecular complexity index is 612. The van der Waals surface area contributed by atoms with Crippen LogP contribution < -0.4 is 5.32 Å². The first-order valence-electron chi connectivity index (χ1n) is 7.86. The van der Waals surface area contributed by atoms with E-state index in [1.54, 1.807) is 0 Å². The van der Waals surface area contributed by atoms with E-state index in [9.17, 15) is 5.11 Å². The van der Waals surface area contributed by atoms with Crippen LogP contribution in [0, 0.1) is 5.92 Å². The molecule has 0 spiro atoms. The zero-order chi connectivity index (χ0) is 15.5. The Kier molecular flexibility index (Phi) is 6.49. The quantitative estimate of drug-likeness (QED) is 0.858. The van der Waals surface area contributed by atoms with Gasteiger partial charge < -0.3 is 10.4 Å². The first-order chi connectivity index (χ1) is 10.7. The van der Waals surface area contributed by atoms with Gasteiger partial charge in [0.25, 0.3) is 0 Å². The Morgan fingerprint density at radius 2 is 1.57 bits per heavy atom. The molecule has 3 rings (SSSR count). The van der Waals surface area contributed by atoms with Crippen molar-refractivity contribution in [1.82, 2.24) is 5.32 Å². The van der Waals surface area contributed by atoms with Gasteiger partial charge in [-0.15, -0.1) is 12.4 Å². The van der Waals surface area contributed by atoms with Gasteiger partial charge in [0.15, 0.2) is 0 Å². The molecule has 1 aliphatic rings. The Morgan fingerprint density at radius 1 is 1.00 bits per heavy atom. The Hall–Kier alpha value is -1.06. The molecule has 1 fully saturated rings. The molecule has 0 bridgehead atoms. The number of aliphatic hydroxyl groups excluding tert-OH is 1. The van der Waals surface area contributed by atoms with Gasteiger partial charge in [-0.1, -0.05) is 48.0 Å². The van der Waals surface area contributed by atoms with E-state index in [-0.39, 0.29) is 24.6 Å². The summed E-state index contributed by atoms with van der Waals surface area (Å²) in [6.45, 7) is 0. The third-order valence-electron chi connectivity index (χ3n) is 4.65. The van der Waals surface area contributed by atoms with E-state index in [2.05, 4.69) is 29.6 Å². The Labute approximate surface area is 149 Å². The summed E-state index contributed by atoms with van der Waals surface area (Å²) in [6, 6.07) is 16.9. The van der Waals surface area contributed by atoms with E-state index in [1.165, 1.54) is 16.7 Å². The van der Waals surface area contributed by atoms with E-state index in [0.717, 1.165) is 24.3 Å². The maximum atomic E-state index is 9.98. The van der Waals surface area contributed by atoms with Gasteiger partial charge in [0.1, 0.15) is 0 Å². The molecule has 2 nitrogen and oxygen atoms in total. The predicted octanol–water partition coefficient (Wildman–Crippen LogP) is 4.33. The first kappa shape index (κ1) is 18.3. The minimum atomic E-state index is -0.205. The highest BCUT2D eigenvalue weighted by atomic mass is 35.5. The van der Waals surface area contributed by atoms with Crippen LogP contribution in [-0.4, -0.2) is 24.3 Å². The third-order valence-corrected chi connectivity index (χ3v) is 4.91. The highest BCUT2D eigenvalue weighted by Gasteiger charge is 2.31. The van der Waals surface area contributed by atoms with Crippen LogP contribution in [0.1, 0.15) is 18.4 Å². The van der Waals surface area contributed by atoms with E-state index >= 15 is 0 Å². The van der Waals surface area contributed by atoms with Crippen molar-refractivity contribution < 1.29 is 5.11 Å². The molecule has 0 saturated heterocycles. The smallest absolute Gasteiger partial charge is 0.0695 e. The lowest BCUT2D eigenvalue weighted by Gasteiger charge is -2.12. The Morgan fingerprint density at radius 3 is 2.09 bits per heavy atom. The average Bonchev–Trinajstić information content (AvgIpc) is 2.88. The lowest BCUT2D eigenvalue weighted by atomic mass is 9.96. The molecule has 0 unspecified atom stereocenters. The molecule has 0 radical (unpaired) electrons. The molecule has 1 saturated carbocycles. The number of likely N-dealkylation sites (N-methyl/N-ethyl adjacent to an activating group) is 1. The molecule has 0 heterocycles. The maximum absolute atomic E-state index is 9.98. The van der Waals surface area contributed by atoms with Crippen molar-refractivity contribution in [2.24, 2.45) is 5.92 Å². The number of benzene rings is 2. The maximum Gasteiger partial charge on any atom is 0.0695 e. The van der Waals surface area contributed by atoms with Crippen LogP contribution in [0.3, 0.4) is 0 Å². The SMILES string of the molecule is CN[C@@H]1C[C@H](Cc2ccc(-c3ccc(Cl)cc3)cc2)C[C@H]1O.Cl. The minimum absolute atomic E-state index is 0. The lowest BCUT2D eigenvalue weighted by Crippen LogP contribution is -2.32. The van der Waals surface area contributed by atoms with Crippen LogP contribution >= 0.6 is 24.0 Å². The normalized spacial score (nSPS) is 23.5. The fraction of sp³-hybridized carbons (Fsp3) is 0.368. The summed E-state index contributed by atoms with van der Waals surface area (Å²) in [5.74, 6) is 0.564. The minimum Gasteiger partial charge on any atom is -0.391 e. The first-order valence-corrected chi connectivity index (χ1v) is 8.23. The van der Waals surface area contributed by atoms with Crippen molar-refractivity contribution in [2.75, 3.05) is 7.05 Å². The molecule has 0 aliphatic heterocycles. The van der Waals surface area contributed by atoms with Crippen molar-refractivity contribution in [1.29, 1.82) is 0 Å². The van der Waals surface area contributed by atoms with Crippen molar-refractivity contribution >= 4 is 24.0 Å². The highest BCUT2D eigenvalue weighted by Crippen LogP contribution is 2.30. The standard InChI is InChI=1S/C19H22ClNO.ClH/c1-21-18-11-14(12-19(18)22)10-13-2-4-15(5-3-13)16-6-8-17(20)9-7-16;/h2-9,14,18-19,21-22H,10-12H2,1H3;1H/t14-,18+,19+;/m0./s1. The third kappa shape index (κ3) is 4.48. The van der Waals surface area contributed by atoms with Crippen molar-refractivity contribution in [2.45, 2.75) is 31.4 Å². The number of hydrogen-bond acceptors (Lipinski definition) is 2. The van der Waals surface area contributed by atoms with Crippen LogP contribution in [0.5, 0.6) is 0 Å². The fourth-order valence-corrected chi connectivity index (χ4v) is 3.53. The summed E-state index contributed by atoms with van der Waals surface area (Å²) < 4.78 is 0. The van der Waals surface area contributed by atoms with Gasteiger partial charge in [-0.05, 0) is 61.1 Å². The van der Waals surface area contributed by atoms with Crippen LogP contribution in [0.4, 0.5) is 0 Å². The van der Waals surface area contributed by atoms with Gasteiger partial charge in [-0.3, -0.25) is 0 Å². The predicted molar refractivity (Wildman–Crippen MR) is 99.4 cm³/mol. The van der Waals surface area contributed by atoms with Gasteiger partial charge in [0, 0.05) is 11.1 Å². The van der Waals surface area contributed by atoms with Gasteiger partial charge >= 0.3 is 0 Å². The second-order valence-electron chi connectivity index (χ2n) is 6.21. The van der Waals surface area contributed by atoms with Gasteiger partial charge in [0.2, 0.25) is 0 Å². The summed E-state index contributed by atoms with van der Waals surface area (Å²) in [5.41, 5.74) is 3.73.